The molecule has 0 saturated heterocycles. The monoisotopic (exact) mass is 268 g/mol. The minimum Gasteiger partial charge on any atom is -0.330 e. The third-order valence-corrected chi connectivity index (χ3v) is 3.33. The van der Waals surface area contributed by atoms with Gasteiger partial charge in [-0.2, -0.15) is 0 Å². The van der Waals surface area contributed by atoms with E-state index in [-0.39, 0.29) is 0 Å². The zero-order chi connectivity index (χ0) is 10.7. The van der Waals surface area contributed by atoms with Gasteiger partial charge in [0.2, 0.25) is 0 Å². The Balaban J connectivity index is 1.97. The van der Waals surface area contributed by atoms with E-state index in [0.717, 1.165) is 17.1 Å². The summed E-state index contributed by atoms with van der Waals surface area (Å²) in [6.07, 6.45) is 2.66. The van der Waals surface area contributed by atoms with E-state index in [1.165, 1.54) is 18.4 Å². The molecule has 2 rings (SSSR count). The van der Waals surface area contributed by atoms with Crippen molar-refractivity contribution < 1.29 is 0 Å². The molecule has 0 radical (unpaired) electrons. The molecule has 3 heteroatoms. The Morgan fingerprint density at radius 2 is 2.27 bits per heavy atom. The third kappa shape index (κ3) is 3.30. The lowest BCUT2D eigenvalue weighted by atomic mass is 9.99. The van der Waals surface area contributed by atoms with Crippen molar-refractivity contribution in [1.82, 2.24) is 5.32 Å². The van der Waals surface area contributed by atoms with Gasteiger partial charge in [0.1, 0.15) is 0 Å². The van der Waals surface area contributed by atoms with Crippen LogP contribution in [-0.2, 0) is 0 Å². The molecule has 82 valence electrons. The van der Waals surface area contributed by atoms with Gasteiger partial charge in [0, 0.05) is 29.5 Å². The van der Waals surface area contributed by atoms with E-state index in [4.69, 9.17) is 5.73 Å². The molecule has 0 bridgehead atoms. The second-order valence-electron chi connectivity index (χ2n) is 4.17. The van der Waals surface area contributed by atoms with Crippen molar-refractivity contribution in [1.29, 1.82) is 0 Å². The Kier molecular flexibility index (Phi) is 3.78. The molecule has 2 nitrogen and oxygen atoms in total. The Morgan fingerprint density at radius 3 is 2.87 bits per heavy atom. The van der Waals surface area contributed by atoms with E-state index >= 15 is 0 Å². The molecule has 15 heavy (non-hydrogen) atoms. The van der Waals surface area contributed by atoms with Crippen LogP contribution in [0, 0.1) is 0 Å². The van der Waals surface area contributed by atoms with Crippen molar-refractivity contribution in [3.8, 4) is 0 Å². The van der Waals surface area contributed by atoms with Gasteiger partial charge in [0.05, 0.1) is 0 Å². The van der Waals surface area contributed by atoms with E-state index in [1.807, 2.05) is 6.07 Å². The van der Waals surface area contributed by atoms with Crippen LogP contribution in [0.3, 0.4) is 0 Å². The van der Waals surface area contributed by atoms with Crippen molar-refractivity contribution in [3.63, 3.8) is 0 Å². The summed E-state index contributed by atoms with van der Waals surface area (Å²) in [5, 5.41) is 3.53. The van der Waals surface area contributed by atoms with Crippen LogP contribution in [0.1, 0.15) is 24.3 Å². The van der Waals surface area contributed by atoms with E-state index in [2.05, 4.69) is 39.4 Å². The minimum absolute atomic E-state index is 0.433. The van der Waals surface area contributed by atoms with Crippen molar-refractivity contribution in [2.24, 2.45) is 5.73 Å². The van der Waals surface area contributed by atoms with Crippen molar-refractivity contribution in [2.45, 2.75) is 24.8 Å². The SMILES string of the molecule is NCC(CNC1CC1)c1cccc(Br)c1. The lowest BCUT2D eigenvalue weighted by Gasteiger charge is -2.16. The van der Waals surface area contributed by atoms with Crippen LogP contribution in [-0.4, -0.2) is 19.1 Å². The molecule has 1 atom stereocenters. The number of hydrogen-bond acceptors (Lipinski definition) is 2. The van der Waals surface area contributed by atoms with Gasteiger partial charge in [0.25, 0.3) is 0 Å². The van der Waals surface area contributed by atoms with Crippen LogP contribution in [0.4, 0.5) is 0 Å². The number of benzene rings is 1. The van der Waals surface area contributed by atoms with Gasteiger partial charge in [-0.1, -0.05) is 28.1 Å². The molecule has 0 aliphatic heterocycles. The van der Waals surface area contributed by atoms with Crippen LogP contribution >= 0.6 is 15.9 Å². The molecule has 0 heterocycles. The van der Waals surface area contributed by atoms with Crippen molar-refractivity contribution in [2.75, 3.05) is 13.1 Å². The van der Waals surface area contributed by atoms with Crippen LogP contribution in [0.2, 0.25) is 0 Å². The summed E-state index contributed by atoms with van der Waals surface area (Å²) in [5.41, 5.74) is 7.13. The molecule has 1 saturated carbocycles. The molecular weight excluding hydrogens is 252 g/mol. The van der Waals surface area contributed by atoms with Gasteiger partial charge in [0.15, 0.2) is 0 Å². The highest BCUT2D eigenvalue weighted by Gasteiger charge is 2.21. The number of halogens is 1. The predicted octanol–water partition coefficient (Wildman–Crippen LogP) is 2.24. The summed E-state index contributed by atoms with van der Waals surface area (Å²) in [4.78, 5) is 0. The Bertz CT molecular complexity index is 323. The highest BCUT2D eigenvalue weighted by Crippen LogP contribution is 2.22. The van der Waals surface area contributed by atoms with Crippen molar-refractivity contribution >= 4 is 15.9 Å². The summed E-state index contributed by atoms with van der Waals surface area (Å²) >= 11 is 3.49. The van der Waals surface area contributed by atoms with E-state index < -0.39 is 0 Å². The number of hydrogen-bond donors (Lipinski definition) is 2. The van der Waals surface area contributed by atoms with E-state index in [1.54, 1.807) is 0 Å². The van der Waals surface area contributed by atoms with E-state index in [0.29, 0.717) is 12.5 Å². The maximum Gasteiger partial charge on any atom is 0.0178 e. The molecule has 1 aromatic carbocycles. The molecule has 0 spiro atoms. The van der Waals surface area contributed by atoms with Crippen LogP contribution < -0.4 is 11.1 Å². The molecule has 0 aromatic heterocycles. The Morgan fingerprint density at radius 1 is 1.47 bits per heavy atom. The number of nitrogens with one attached hydrogen (secondary N) is 1. The topological polar surface area (TPSA) is 38.0 Å². The summed E-state index contributed by atoms with van der Waals surface area (Å²) in [6, 6.07) is 9.18. The second kappa shape index (κ2) is 5.10. The average molecular weight is 269 g/mol. The third-order valence-electron chi connectivity index (χ3n) is 2.83. The van der Waals surface area contributed by atoms with Gasteiger partial charge in [-0.25, -0.2) is 0 Å². The quantitative estimate of drug-likeness (QED) is 0.860. The molecule has 1 aliphatic carbocycles. The first-order valence-electron chi connectivity index (χ1n) is 5.48. The fourth-order valence-corrected chi connectivity index (χ4v) is 2.11. The minimum atomic E-state index is 0.433. The molecular formula is C12H17BrN2. The first kappa shape index (κ1) is 11.1. The number of nitrogens with two attached hydrogens (primary N) is 1. The smallest absolute Gasteiger partial charge is 0.0178 e. The van der Waals surface area contributed by atoms with Crippen LogP contribution in [0.15, 0.2) is 28.7 Å². The van der Waals surface area contributed by atoms with Gasteiger partial charge >= 0.3 is 0 Å². The molecule has 3 N–H and O–H groups in total. The normalized spacial score (nSPS) is 17.7. The average Bonchev–Trinajstić information content (AvgIpc) is 3.03. The molecule has 0 amide bonds. The summed E-state index contributed by atoms with van der Waals surface area (Å²) in [5.74, 6) is 0.433. The largest absolute Gasteiger partial charge is 0.330 e. The van der Waals surface area contributed by atoms with Gasteiger partial charge < -0.3 is 11.1 Å². The lowest BCUT2D eigenvalue weighted by Crippen LogP contribution is -2.28. The molecule has 1 aliphatic rings. The maximum absolute atomic E-state index is 5.81. The van der Waals surface area contributed by atoms with Gasteiger partial charge in [-0.05, 0) is 30.5 Å². The number of rotatable bonds is 5. The lowest BCUT2D eigenvalue weighted by molar-refractivity contribution is 0.586. The first-order chi connectivity index (χ1) is 7.29. The molecule has 1 aromatic rings. The fourth-order valence-electron chi connectivity index (χ4n) is 1.69. The van der Waals surface area contributed by atoms with Crippen molar-refractivity contribution in [3.05, 3.63) is 34.3 Å². The molecule has 1 unspecified atom stereocenters. The highest BCUT2D eigenvalue weighted by atomic mass is 79.9. The fraction of sp³-hybridized carbons (Fsp3) is 0.500. The van der Waals surface area contributed by atoms with Crippen LogP contribution in [0.5, 0.6) is 0 Å². The molecule has 1 fully saturated rings. The summed E-state index contributed by atoms with van der Waals surface area (Å²) in [7, 11) is 0. The predicted molar refractivity (Wildman–Crippen MR) is 67.0 cm³/mol. The maximum atomic E-state index is 5.81. The Labute approximate surface area is 99.4 Å². The summed E-state index contributed by atoms with van der Waals surface area (Å²) < 4.78 is 1.13. The summed E-state index contributed by atoms with van der Waals surface area (Å²) in [6.45, 7) is 1.70. The second-order valence-corrected chi connectivity index (χ2v) is 5.09. The highest BCUT2D eigenvalue weighted by molar-refractivity contribution is 9.10. The van der Waals surface area contributed by atoms with E-state index in [9.17, 15) is 0 Å². The standard InChI is InChI=1S/C12H17BrN2/c13-11-3-1-2-9(6-11)10(7-14)8-15-12-4-5-12/h1-3,6,10,12,15H,4-5,7-8,14H2. The Hall–Kier alpha value is -0.380. The van der Waals surface area contributed by atoms with Gasteiger partial charge in [-0.15, -0.1) is 0 Å². The zero-order valence-electron chi connectivity index (χ0n) is 8.75. The first-order valence-corrected chi connectivity index (χ1v) is 6.28. The van der Waals surface area contributed by atoms with Gasteiger partial charge in [-0.3, -0.25) is 0 Å². The zero-order valence-corrected chi connectivity index (χ0v) is 10.3. The van der Waals surface area contributed by atoms with Crippen LogP contribution in [0.25, 0.3) is 0 Å².